The normalized spacial score (nSPS) is 34.1. The van der Waals surface area contributed by atoms with Crippen LogP contribution in [-0.2, 0) is 0 Å². The van der Waals surface area contributed by atoms with E-state index in [0.717, 1.165) is 6.33 Å². The lowest BCUT2D eigenvalue weighted by Crippen LogP contribution is -2.47. The summed E-state index contributed by atoms with van der Waals surface area (Å²) in [5, 5.41) is 57.6. The molecule has 0 aromatic carbocycles. The Labute approximate surface area is 155 Å². The number of hydrogen-bond donors (Lipinski definition) is 6. The molecule has 2 unspecified atom stereocenters. The van der Waals surface area contributed by atoms with Gasteiger partial charge in [-0.05, 0) is 38.5 Å². The predicted octanol–water partition coefficient (Wildman–Crippen LogP) is -0.243. The fourth-order valence-electron chi connectivity index (χ4n) is 3.77. The number of aliphatic hydroxyl groups is 4. The highest BCUT2D eigenvalue weighted by Gasteiger charge is 2.36. The topological polar surface area (TPSA) is 174 Å². The SMILES string of the molecule is O=[N+]([O-])c1c(NC2[C@H](O)CCC[C@@H]2O)ncnc1NC1[C@H](O)CCC[C@@H]1O. The lowest BCUT2D eigenvalue weighted by molar-refractivity contribution is -0.383. The number of aliphatic hydroxyl groups excluding tert-OH is 4. The summed E-state index contributed by atoms with van der Waals surface area (Å²) < 4.78 is 0. The third-order valence-corrected chi connectivity index (χ3v) is 5.27. The molecule has 11 nitrogen and oxygen atoms in total. The summed E-state index contributed by atoms with van der Waals surface area (Å²) in [5.41, 5.74) is -0.465. The van der Waals surface area contributed by atoms with E-state index in [4.69, 9.17) is 0 Å². The quantitative estimate of drug-likeness (QED) is 0.294. The zero-order chi connectivity index (χ0) is 19.6. The van der Waals surface area contributed by atoms with Crippen LogP contribution in [0.4, 0.5) is 17.3 Å². The Kier molecular flexibility index (Phi) is 6.05. The van der Waals surface area contributed by atoms with Crippen LogP contribution in [-0.4, -0.2) is 71.8 Å². The molecule has 2 aliphatic rings. The molecule has 1 aromatic heterocycles. The number of rotatable bonds is 5. The van der Waals surface area contributed by atoms with Crippen molar-refractivity contribution in [1.29, 1.82) is 0 Å². The van der Waals surface area contributed by atoms with Crippen LogP contribution in [0.2, 0.25) is 0 Å². The summed E-state index contributed by atoms with van der Waals surface area (Å²) in [4.78, 5) is 18.8. The molecule has 0 spiro atoms. The highest BCUT2D eigenvalue weighted by molar-refractivity contribution is 5.70. The fourth-order valence-corrected chi connectivity index (χ4v) is 3.77. The third-order valence-electron chi connectivity index (χ3n) is 5.27. The van der Waals surface area contributed by atoms with E-state index >= 15 is 0 Å². The molecule has 0 radical (unpaired) electrons. The zero-order valence-corrected chi connectivity index (χ0v) is 14.7. The molecule has 11 heteroatoms. The molecule has 0 amide bonds. The van der Waals surface area contributed by atoms with Crippen LogP contribution < -0.4 is 10.6 Å². The van der Waals surface area contributed by atoms with E-state index in [0.29, 0.717) is 38.5 Å². The Morgan fingerprint density at radius 3 is 1.56 bits per heavy atom. The Balaban J connectivity index is 1.87. The highest BCUT2D eigenvalue weighted by atomic mass is 16.6. The molecule has 3 rings (SSSR count). The molecule has 2 fully saturated rings. The Bertz CT molecular complexity index is 610. The van der Waals surface area contributed by atoms with Gasteiger partial charge in [0.15, 0.2) is 0 Å². The molecule has 6 N–H and O–H groups in total. The average Bonchev–Trinajstić information content (AvgIpc) is 2.61. The van der Waals surface area contributed by atoms with E-state index in [1.165, 1.54) is 0 Å². The van der Waals surface area contributed by atoms with Gasteiger partial charge in [-0.1, -0.05) is 0 Å². The molecule has 0 bridgehead atoms. The minimum absolute atomic E-state index is 0.137. The minimum Gasteiger partial charge on any atom is -0.391 e. The molecule has 2 aliphatic carbocycles. The first-order valence-electron chi connectivity index (χ1n) is 9.13. The smallest absolute Gasteiger partial charge is 0.353 e. The van der Waals surface area contributed by atoms with Crippen LogP contribution in [0.3, 0.4) is 0 Å². The molecular formula is C16H25N5O6. The molecule has 1 aromatic rings. The summed E-state index contributed by atoms with van der Waals surface area (Å²) in [6, 6.07) is -1.57. The summed E-state index contributed by atoms with van der Waals surface area (Å²) in [6.45, 7) is 0. The maximum absolute atomic E-state index is 11.6. The first-order valence-corrected chi connectivity index (χ1v) is 9.13. The van der Waals surface area contributed by atoms with Crippen LogP contribution in [0.1, 0.15) is 38.5 Å². The first-order chi connectivity index (χ1) is 12.9. The van der Waals surface area contributed by atoms with Gasteiger partial charge in [-0.15, -0.1) is 0 Å². The van der Waals surface area contributed by atoms with Crippen LogP contribution in [0.5, 0.6) is 0 Å². The number of nitrogens with zero attached hydrogens (tertiary/aromatic N) is 3. The van der Waals surface area contributed by atoms with Gasteiger partial charge in [0.1, 0.15) is 6.33 Å². The molecule has 2 saturated carbocycles. The van der Waals surface area contributed by atoms with Crippen LogP contribution >= 0.6 is 0 Å². The van der Waals surface area contributed by atoms with Crippen molar-refractivity contribution >= 4 is 17.3 Å². The van der Waals surface area contributed by atoms with Gasteiger partial charge in [-0.3, -0.25) is 10.1 Å². The summed E-state index contributed by atoms with van der Waals surface area (Å²) in [7, 11) is 0. The molecule has 0 aliphatic heterocycles. The van der Waals surface area contributed by atoms with Crippen LogP contribution in [0, 0.1) is 10.1 Å². The van der Waals surface area contributed by atoms with Gasteiger partial charge in [0.05, 0.1) is 41.4 Å². The molecule has 6 atom stereocenters. The second-order valence-electron chi connectivity index (χ2n) is 7.15. The van der Waals surface area contributed by atoms with E-state index in [1.807, 2.05) is 0 Å². The van der Waals surface area contributed by atoms with Gasteiger partial charge in [0.2, 0.25) is 11.6 Å². The van der Waals surface area contributed by atoms with Gasteiger partial charge in [0, 0.05) is 0 Å². The van der Waals surface area contributed by atoms with Crippen LogP contribution in [0.15, 0.2) is 6.33 Å². The highest BCUT2D eigenvalue weighted by Crippen LogP contribution is 2.33. The Morgan fingerprint density at radius 1 is 0.852 bits per heavy atom. The number of hydrogen-bond acceptors (Lipinski definition) is 10. The molecular weight excluding hydrogens is 358 g/mol. The lowest BCUT2D eigenvalue weighted by Gasteiger charge is -2.34. The zero-order valence-electron chi connectivity index (χ0n) is 14.7. The van der Waals surface area contributed by atoms with Crippen molar-refractivity contribution in [3.05, 3.63) is 16.4 Å². The molecule has 27 heavy (non-hydrogen) atoms. The fraction of sp³-hybridized carbons (Fsp3) is 0.750. The maximum atomic E-state index is 11.6. The van der Waals surface area contributed by atoms with Gasteiger partial charge in [-0.2, -0.15) is 0 Å². The van der Waals surface area contributed by atoms with Crippen molar-refractivity contribution in [2.75, 3.05) is 10.6 Å². The molecule has 0 saturated heterocycles. The van der Waals surface area contributed by atoms with Crippen molar-refractivity contribution in [2.24, 2.45) is 0 Å². The largest absolute Gasteiger partial charge is 0.391 e. The third kappa shape index (κ3) is 4.26. The van der Waals surface area contributed by atoms with Gasteiger partial charge < -0.3 is 31.1 Å². The second-order valence-corrected chi connectivity index (χ2v) is 7.15. The average molecular weight is 383 g/mol. The summed E-state index contributed by atoms with van der Waals surface area (Å²) >= 11 is 0. The second kappa shape index (κ2) is 8.30. The number of nitro groups is 1. The van der Waals surface area contributed by atoms with Crippen molar-refractivity contribution in [3.63, 3.8) is 0 Å². The standard InChI is InChI=1S/C16H25N5O6/c22-8-3-1-4-9(23)12(8)19-15-14(21(26)27)16(18-7-17-15)20-13-10(24)5-2-6-11(13)25/h7-13,22-25H,1-6H2,(H2,17,18,19,20)/t8-,9+,10-,11+,12?,13?. The van der Waals surface area contributed by atoms with Crippen molar-refractivity contribution in [1.82, 2.24) is 9.97 Å². The van der Waals surface area contributed by atoms with Crippen molar-refractivity contribution < 1.29 is 25.3 Å². The van der Waals surface area contributed by atoms with Gasteiger partial charge >= 0.3 is 5.69 Å². The lowest BCUT2D eigenvalue weighted by atomic mass is 9.89. The van der Waals surface area contributed by atoms with Gasteiger partial charge in [0.25, 0.3) is 0 Å². The maximum Gasteiger partial charge on any atom is 0.353 e. The summed E-state index contributed by atoms with van der Waals surface area (Å²) in [6.07, 6.45) is 0.886. The Morgan fingerprint density at radius 2 is 1.22 bits per heavy atom. The van der Waals surface area contributed by atoms with Crippen molar-refractivity contribution in [3.8, 4) is 0 Å². The molecule has 1 heterocycles. The van der Waals surface area contributed by atoms with E-state index in [9.17, 15) is 30.5 Å². The molecule has 150 valence electrons. The van der Waals surface area contributed by atoms with Gasteiger partial charge in [-0.25, -0.2) is 9.97 Å². The van der Waals surface area contributed by atoms with E-state index in [-0.39, 0.29) is 11.6 Å². The predicted molar refractivity (Wildman–Crippen MR) is 95.2 cm³/mol. The summed E-state index contributed by atoms with van der Waals surface area (Å²) in [5.74, 6) is -0.274. The minimum atomic E-state index is -0.860. The van der Waals surface area contributed by atoms with E-state index in [2.05, 4.69) is 20.6 Å². The number of anilines is 2. The number of aromatic nitrogens is 2. The Hall–Kier alpha value is -2.08. The number of nitrogens with one attached hydrogen (secondary N) is 2. The van der Waals surface area contributed by atoms with Crippen LogP contribution in [0.25, 0.3) is 0 Å². The van der Waals surface area contributed by atoms with Crippen molar-refractivity contribution in [2.45, 2.75) is 75.0 Å². The first kappa shape index (κ1) is 19.7. The monoisotopic (exact) mass is 383 g/mol. The van der Waals surface area contributed by atoms with E-state index < -0.39 is 47.1 Å². The van der Waals surface area contributed by atoms with E-state index in [1.54, 1.807) is 0 Å².